The molecule has 2 aliphatic rings. The van der Waals surface area contributed by atoms with Crippen LogP contribution in [0.2, 0.25) is 0 Å². The predicted molar refractivity (Wildman–Crippen MR) is 96.2 cm³/mol. The number of nitrogens with one attached hydrogen (secondary N) is 2. The Bertz CT molecular complexity index is 752. The van der Waals surface area contributed by atoms with Crippen molar-refractivity contribution >= 4 is 11.8 Å². The molecule has 7 heteroatoms. The third-order valence-electron chi connectivity index (χ3n) is 4.53. The van der Waals surface area contributed by atoms with Crippen LogP contribution in [0, 0.1) is 0 Å². The van der Waals surface area contributed by atoms with Crippen molar-refractivity contribution in [2.24, 2.45) is 0 Å². The van der Waals surface area contributed by atoms with Gasteiger partial charge in [-0.25, -0.2) is 4.98 Å². The fourth-order valence-electron chi connectivity index (χ4n) is 3.27. The Balaban J connectivity index is 1.39. The van der Waals surface area contributed by atoms with E-state index >= 15 is 0 Å². The van der Waals surface area contributed by atoms with Gasteiger partial charge >= 0.3 is 0 Å². The number of nitrogens with two attached hydrogens (primary N) is 1. The van der Waals surface area contributed by atoms with Crippen LogP contribution in [-0.2, 0) is 12.8 Å². The van der Waals surface area contributed by atoms with Crippen LogP contribution in [-0.4, -0.2) is 42.3 Å². The molecule has 0 aliphatic carbocycles. The molecule has 1 aromatic carbocycles. The van der Waals surface area contributed by atoms with Crippen molar-refractivity contribution in [1.29, 1.82) is 0 Å². The van der Waals surface area contributed by atoms with Crippen molar-refractivity contribution in [1.82, 2.24) is 15.3 Å². The molecule has 132 valence electrons. The number of nitrogen functional groups attached to an aromatic ring is 1. The molecule has 0 saturated heterocycles. The van der Waals surface area contributed by atoms with Gasteiger partial charge in [0.1, 0.15) is 18.5 Å². The number of benzene rings is 1. The van der Waals surface area contributed by atoms with Crippen LogP contribution in [0.15, 0.2) is 24.3 Å². The molecule has 1 unspecified atom stereocenters. The Hall–Kier alpha value is -2.54. The van der Waals surface area contributed by atoms with Gasteiger partial charge in [-0.15, -0.1) is 0 Å². The Labute approximate surface area is 147 Å². The van der Waals surface area contributed by atoms with Gasteiger partial charge in [0.05, 0.1) is 5.69 Å². The molecular formula is C18H23N5O2. The van der Waals surface area contributed by atoms with Crippen molar-refractivity contribution in [3.8, 4) is 11.5 Å². The lowest BCUT2D eigenvalue weighted by atomic mass is 10.1. The Morgan fingerprint density at radius 3 is 2.92 bits per heavy atom. The van der Waals surface area contributed by atoms with Gasteiger partial charge in [0.15, 0.2) is 11.5 Å². The fraction of sp³-hybridized carbons (Fsp3) is 0.444. The minimum Gasteiger partial charge on any atom is -0.486 e. The molecule has 4 N–H and O–H groups in total. The normalized spacial score (nSPS) is 19.0. The number of aromatic nitrogens is 2. The molecule has 0 bridgehead atoms. The molecule has 2 aromatic rings. The molecule has 0 saturated carbocycles. The zero-order chi connectivity index (χ0) is 17.1. The summed E-state index contributed by atoms with van der Waals surface area (Å²) in [5, 5.41) is 6.80. The molecule has 4 rings (SSSR count). The Kier molecular flexibility index (Phi) is 4.56. The molecular weight excluding hydrogens is 318 g/mol. The number of rotatable bonds is 4. The van der Waals surface area contributed by atoms with Gasteiger partial charge in [-0.1, -0.05) is 12.1 Å². The summed E-state index contributed by atoms with van der Waals surface area (Å²) in [6, 6.07) is 7.77. The van der Waals surface area contributed by atoms with E-state index in [2.05, 4.69) is 20.6 Å². The van der Waals surface area contributed by atoms with E-state index in [9.17, 15) is 0 Å². The first-order valence-corrected chi connectivity index (χ1v) is 8.78. The van der Waals surface area contributed by atoms with Gasteiger partial charge in [-0.3, -0.25) is 0 Å². The van der Waals surface area contributed by atoms with Crippen LogP contribution in [0.3, 0.4) is 0 Å². The first-order chi connectivity index (χ1) is 12.3. The second-order valence-electron chi connectivity index (χ2n) is 6.32. The summed E-state index contributed by atoms with van der Waals surface area (Å²) in [5.41, 5.74) is 8.09. The number of anilines is 2. The van der Waals surface area contributed by atoms with Gasteiger partial charge in [0, 0.05) is 31.5 Å². The van der Waals surface area contributed by atoms with E-state index in [4.69, 9.17) is 15.2 Å². The highest BCUT2D eigenvalue weighted by Gasteiger charge is 2.21. The van der Waals surface area contributed by atoms with Gasteiger partial charge in [-0.05, 0) is 25.1 Å². The highest BCUT2D eigenvalue weighted by Crippen LogP contribution is 2.31. The first kappa shape index (κ1) is 16.0. The minimum absolute atomic E-state index is 0.0295. The maximum atomic E-state index is 5.99. The molecule has 1 aromatic heterocycles. The van der Waals surface area contributed by atoms with Crippen LogP contribution in [0.4, 0.5) is 11.8 Å². The van der Waals surface area contributed by atoms with Crippen molar-refractivity contribution in [3.05, 3.63) is 35.5 Å². The lowest BCUT2D eigenvalue weighted by Crippen LogP contribution is -2.31. The van der Waals surface area contributed by atoms with E-state index in [1.807, 2.05) is 24.3 Å². The van der Waals surface area contributed by atoms with Gasteiger partial charge in [0.25, 0.3) is 0 Å². The molecule has 1 atom stereocenters. The van der Waals surface area contributed by atoms with Gasteiger partial charge in [-0.2, -0.15) is 4.98 Å². The smallest absolute Gasteiger partial charge is 0.222 e. The van der Waals surface area contributed by atoms with E-state index < -0.39 is 0 Å². The topological polar surface area (TPSA) is 94.3 Å². The van der Waals surface area contributed by atoms with E-state index in [0.717, 1.165) is 61.9 Å². The summed E-state index contributed by atoms with van der Waals surface area (Å²) in [6.45, 7) is 3.17. The SMILES string of the molecule is Nc1nc2c(c(NCCC3COc4ccccc4O3)n1)CCNCC2. The highest BCUT2D eigenvalue weighted by molar-refractivity contribution is 5.50. The number of hydrogen-bond donors (Lipinski definition) is 3. The molecule has 3 heterocycles. The van der Waals surface area contributed by atoms with Crippen molar-refractivity contribution in [3.63, 3.8) is 0 Å². The standard InChI is InChI=1S/C18H23N5O2/c19-18-22-14-7-9-20-8-6-13(14)17(23-18)21-10-5-12-11-24-15-3-1-2-4-16(15)25-12/h1-4,12,20H,5-11H2,(H3,19,21,22,23). The average Bonchev–Trinajstić information content (AvgIpc) is 2.87. The number of fused-ring (bicyclic) bond motifs is 2. The van der Waals surface area contributed by atoms with Crippen molar-refractivity contribution in [2.45, 2.75) is 25.4 Å². The van der Waals surface area contributed by atoms with Gasteiger partial charge in [0.2, 0.25) is 5.95 Å². The number of ether oxygens (including phenoxy) is 2. The quantitative estimate of drug-likeness (QED) is 0.773. The molecule has 25 heavy (non-hydrogen) atoms. The first-order valence-electron chi connectivity index (χ1n) is 8.78. The number of hydrogen-bond acceptors (Lipinski definition) is 7. The average molecular weight is 341 g/mol. The molecule has 7 nitrogen and oxygen atoms in total. The molecule has 2 aliphatic heterocycles. The predicted octanol–water partition coefficient (Wildman–Crippen LogP) is 1.39. The largest absolute Gasteiger partial charge is 0.486 e. The molecule has 0 amide bonds. The number of para-hydroxylation sites is 2. The lowest BCUT2D eigenvalue weighted by Gasteiger charge is -2.26. The van der Waals surface area contributed by atoms with Crippen LogP contribution < -0.4 is 25.8 Å². The lowest BCUT2D eigenvalue weighted by molar-refractivity contribution is 0.0873. The molecule has 0 radical (unpaired) electrons. The second kappa shape index (κ2) is 7.14. The van der Waals surface area contributed by atoms with Crippen LogP contribution in [0.25, 0.3) is 0 Å². The summed E-state index contributed by atoms with van der Waals surface area (Å²) >= 11 is 0. The maximum absolute atomic E-state index is 5.99. The summed E-state index contributed by atoms with van der Waals surface area (Å²) in [6.07, 6.45) is 2.65. The second-order valence-corrected chi connectivity index (χ2v) is 6.32. The summed E-state index contributed by atoms with van der Waals surface area (Å²) in [5.74, 6) is 2.80. The van der Waals surface area contributed by atoms with E-state index in [0.29, 0.717) is 12.6 Å². The molecule has 0 spiro atoms. The summed E-state index contributed by atoms with van der Waals surface area (Å²) in [7, 11) is 0. The number of nitrogens with zero attached hydrogens (tertiary/aromatic N) is 2. The van der Waals surface area contributed by atoms with Crippen LogP contribution in [0.5, 0.6) is 11.5 Å². The van der Waals surface area contributed by atoms with Gasteiger partial charge < -0.3 is 25.8 Å². The summed E-state index contributed by atoms with van der Waals surface area (Å²) < 4.78 is 11.8. The summed E-state index contributed by atoms with van der Waals surface area (Å²) in [4.78, 5) is 8.80. The monoisotopic (exact) mass is 341 g/mol. The van der Waals surface area contributed by atoms with E-state index in [-0.39, 0.29) is 6.10 Å². The van der Waals surface area contributed by atoms with E-state index in [1.54, 1.807) is 0 Å². The van der Waals surface area contributed by atoms with Crippen LogP contribution in [0.1, 0.15) is 17.7 Å². The van der Waals surface area contributed by atoms with E-state index in [1.165, 1.54) is 5.56 Å². The third-order valence-corrected chi connectivity index (χ3v) is 4.53. The zero-order valence-corrected chi connectivity index (χ0v) is 14.1. The Morgan fingerprint density at radius 2 is 2.00 bits per heavy atom. The minimum atomic E-state index is 0.0295. The van der Waals surface area contributed by atoms with Crippen molar-refractivity contribution < 1.29 is 9.47 Å². The highest BCUT2D eigenvalue weighted by atomic mass is 16.6. The van der Waals surface area contributed by atoms with Crippen molar-refractivity contribution in [2.75, 3.05) is 37.3 Å². The Morgan fingerprint density at radius 1 is 1.16 bits per heavy atom. The molecule has 0 fully saturated rings. The maximum Gasteiger partial charge on any atom is 0.222 e. The fourth-order valence-corrected chi connectivity index (χ4v) is 3.27. The zero-order valence-electron chi connectivity index (χ0n) is 14.1. The third kappa shape index (κ3) is 3.61. The van der Waals surface area contributed by atoms with Crippen LogP contribution >= 0.6 is 0 Å².